The van der Waals surface area contributed by atoms with E-state index in [1.165, 1.54) is 44.8 Å². The molecule has 25 heavy (non-hydrogen) atoms. The lowest BCUT2D eigenvalue weighted by atomic mass is 9.88. The maximum absolute atomic E-state index is 6.18. The Hall–Kier alpha value is -2.80. The predicted octanol–water partition coefficient (Wildman–Crippen LogP) is 3.40. The van der Waals surface area contributed by atoms with Crippen LogP contribution in [0, 0.1) is 10.4 Å². The summed E-state index contributed by atoms with van der Waals surface area (Å²) in [7, 11) is 0. The minimum atomic E-state index is 1.04. The Bertz CT molecular complexity index is 1070. The van der Waals surface area contributed by atoms with Gasteiger partial charge >= 0.3 is 0 Å². The smallest absolute Gasteiger partial charge is 0.0157 e. The third kappa shape index (κ3) is 3.10. The van der Waals surface area contributed by atoms with Crippen LogP contribution in [0.25, 0.3) is 11.8 Å². The van der Waals surface area contributed by atoms with E-state index in [-0.39, 0.29) is 0 Å². The molecule has 3 aromatic carbocycles. The van der Waals surface area contributed by atoms with Gasteiger partial charge in [-0.3, -0.25) is 0 Å². The maximum atomic E-state index is 6.18. The second kappa shape index (κ2) is 6.98. The molecule has 0 radical (unpaired) electrons. The molecule has 0 unspecified atom stereocenters. The summed E-state index contributed by atoms with van der Waals surface area (Å²) in [6, 6.07) is 25.2. The predicted molar refractivity (Wildman–Crippen MR) is 105 cm³/mol. The Morgan fingerprint density at radius 2 is 1.28 bits per heavy atom. The number of benzene rings is 3. The van der Waals surface area contributed by atoms with Gasteiger partial charge in [-0.15, -0.1) is 0 Å². The van der Waals surface area contributed by atoms with Crippen molar-refractivity contribution >= 4 is 11.8 Å². The Labute approximate surface area is 148 Å². The lowest BCUT2D eigenvalue weighted by Crippen LogP contribution is -2.25. The summed E-state index contributed by atoms with van der Waals surface area (Å²) in [5.74, 6) is 0. The Balaban J connectivity index is 0.000000223. The molecular weight excluding hydrogens is 302 g/mol. The molecule has 0 atom stereocenters. The van der Waals surface area contributed by atoms with Crippen LogP contribution in [0.15, 0.2) is 72.8 Å². The molecule has 0 saturated heterocycles. The van der Waals surface area contributed by atoms with Crippen molar-refractivity contribution in [2.75, 3.05) is 0 Å². The highest BCUT2D eigenvalue weighted by atomic mass is 14.6. The first-order chi connectivity index (χ1) is 12.3. The molecule has 0 amide bonds. The normalized spacial score (nSPS) is 14.2. The first-order valence-electron chi connectivity index (χ1n) is 9.03. The van der Waals surface area contributed by atoms with Gasteiger partial charge in [-0.25, -0.2) is 0 Å². The van der Waals surface area contributed by atoms with Gasteiger partial charge in [0.15, 0.2) is 0 Å². The van der Waals surface area contributed by atoms with E-state index in [4.69, 9.17) is 5.73 Å². The molecule has 0 aromatic heterocycles. The lowest BCUT2D eigenvalue weighted by molar-refractivity contribution is 0.801. The van der Waals surface area contributed by atoms with Crippen LogP contribution >= 0.6 is 0 Å². The van der Waals surface area contributed by atoms with E-state index < -0.39 is 0 Å². The molecule has 0 heterocycles. The van der Waals surface area contributed by atoms with Gasteiger partial charge < -0.3 is 5.73 Å². The van der Waals surface area contributed by atoms with Crippen LogP contribution in [-0.4, -0.2) is 0 Å². The van der Waals surface area contributed by atoms with E-state index in [9.17, 15) is 0 Å². The molecule has 0 bridgehead atoms. The average molecular weight is 325 g/mol. The third-order valence-corrected chi connectivity index (χ3v) is 5.09. The number of hydrogen-bond donors (Lipinski definition) is 1. The zero-order valence-electron chi connectivity index (χ0n) is 14.4. The van der Waals surface area contributed by atoms with Crippen molar-refractivity contribution in [2.45, 2.75) is 25.7 Å². The molecule has 2 N–H and O–H groups in total. The van der Waals surface area contributed by atoms with E-state index in [0.717, 1.165) is 18.5 Å². The SMILES string of the molecule is NC1=c2ccc3c(c2CCC1)CC=c1ccccc1=3.c1ccccc1. The molecule has 0 spiro atoms. The van der Waals surface area contributed by atoms with Crippen LogP contribution in [0.4, 0.5) is 0 Å². The summed E-state index contributed by atoms with van der Waals surface area (Å²) >= 11 is 0. The van der Waals surface area contributed by atoms with Crippen LogP contribution in [0.1, 0.15) is 24.0 Å². The first-order valence-corrected chi connectivity index (χ1v) is 9.03. The van der Waals surface area contributed by atoms with Crippen molar-refractivity contribution in [1.29, 1.82) is 0 Å². The van der Waals surface area contributed by atoms with Crippen LogP contribution in [0.3, 0.4) is 0 Å². The molecule has 0 saturated carbocycles. The summed E-state index contributed by atoms with van der Waals surface area (Å²) in [4.78, 5) is 0. The highest BCUT2D eigenvalue weighted by molar-refractivity contribution is 5.51. The van der Waals surface area contributed by atoms with Crippen LogP contribution in [-0.2, 0) is 12.8 Å². The van der Waals surface area contributed by atoms with Crippen LogP contribution in [0.2, 0.25) is 0 Å². The molecule has 1 nitrogen and oxygen atoms in total. The Kier molecular flexibility index (Phi) is 4.39. The quantitative estimate of drug-likeness (QED) is 0.673. The van der Waals surface area contributed by atoms with Gasteiger partial charge in [-0.05, 0) is 57.7 Å². The highest BCUT2D eigenvalue weighted by Gasteiger charge is 2.13. The van der Waals surface area contributed by atoms with Crippen molar-refractivity contribution in [1.82, 2.24) is 0 Å². The van der Waals surface area contributed by atoms with Crippen LogP contribution < -0.4 is 16.2 Å². The maximum Gasteiger partial charge on any atom is 0.0157 e. The minimum absolute atomic E-state index is 1.04. The van der Waals surface area contributed by atoms with Gasteiger partial charge in [0.25, 0.3) is 0 Å². The summed E-state index contributed by atoms with van der Waals surface area (Å²) < 4.78 is 0. The van der Waals surface area contributed by atoms with E-state index in [1.807, 2.05) is 36.4 Å². The molecule has 5 rings (SSSR count). The number of nitrogens with two attached hydrogens (primary N) is 1. The standard InChI is InChI=1S/C18H17N.C6H6/c19-18-7-3-6-14-16-9-8-12-4-1-2-5-13(12)15(16)10-11-17(14)18;1-2-4-6-5-3-1/h1-2,4-5,8,10-11H,3,6-7,9,19H2;1-6H. The molecule has 0 aliphatic heterocycles. The zero-order valence-corrected chi connectivity index (χ0v) is 14.4. The first kappa shape index (κ1) is 15.7. The van der Waals surface area contributed by atoms with E-state index in [0.29, 0.717) is 0 Å². The van der Waals surface area contributed by atoms with Gasteiger partial charge in [0.2, 0.25) is 0 Å². The Morgan fingerprint density at radius 3 is 2.04 bits per heavy atom. The van der Waals surface area contributed by atoms with Crippen molar-refractivity contribution in [3.63, 3.8) is 0 Å². The fourth-order valence-electron chi connectivity index (χ4n) is 3.87. The van der Waals surface area contributed by atoms with E-state index >= 15 is 0 Å². The fraction of sp³-hybridized carbons (Fsp3) is 0.167. The molecule has 0 fully saturated rings. The molecular formula is C24H23N. The average Bonchev–Trinajstić information content (AvgIpc) is 2.69. The largest absolute Gasteiger partial charge is 0.402 e. The molecule has 1 heteroatoms. The second-order valence-electron chi connectivity index (χ2n) is 6.65. The lowest BCUT2D eigenvalue weighted by Gasteiger charge is -2.18. The molecule has 2 aliphatic carbocycles. The highest BCUT2D eigenvalue weighted by Crippen LogP contribution is 2.18. The van der Waals surface area contributed by atoms with Crippen molar-refractivity contribution in [3.8, 4) is 0 Å². The summed E-state index contributed by atoms with van der Waals surface area (Å²) in [6.07, 6.45) is 6.81. The van der Waals surface area contributed by atoms with Crippen molar-refractivity contribution < 1.29 is 0 Å². The number of rotatable bonds is 0. The van der Waals surface area contributed by atoms with Crippen molar-refractivity contribution in [2.24, 2.45) is 5.73 Å². The van der Waals surface area contributed by atoms with Crippen molar-refractivity contribution in [3.05, 3.63) is 105 Å². The summed E-state index contributed by atoms with van der Waals surface area (Å²) in [6.45, 7) is 0. The molecule has 124 valence electrons. The van der Waals surface area contributed by atoms with Gasteiger partial charge in [0.05, 0.1) is 0 Å². The molecule has 3 aromatic rings. The van der Waals surface area contributed by atoms with Crippen LogP contribution in [0.5, 0.6) is 0 Å². The van der Waals surface area contributed by atoms with Gasteiger partial charge in [-0.1, -0.05) is 78.9 Å². The fourth-order valence-corrected chi connectivity index (χ4v) is 3.87. The minimum Gasteiger partial charge on any atom is -0.402 e. The number of hydrogen-bond acceptors (Lipinski definition) is 1. The topological polar surface area (TPSA) is 26.0 Å². The monoisotopic (exact) mass is 325 g/mol. The third-order valence-electron chi connectivity index (χ3n) is 5.09. The molecule has 2 aliphatic rings. The summed E-state index contributed by atoms with van der Waals surface area (Å²) in [5, 5.41) is 5.45. The van der Waals surface area contributed by atoms with E-state index in [2.05, 4.69) is 42.5 Å². The van der Waals surface area contributed by atoms with Gasteiger partial charge in [-0.2, -0.15) is 0 Å². The van der Waals surface area contributed by atoms with Gasteiger partial charge in [0, 0.05) is 5.70 Å². The number of fused-ring (bicyclic) bond motifs is 4. The van der Waals surface area contributed by atoms with Gasteiger partial charge in [0.1, 0.15) is 0 Å². The van der Waals surface area contributed by atoms with E-state index in [1.54, 1.807) is 0 Å². The zero-order chi connectivity index (χ0) is 17.1. The second-order valence-corrected chi connectivity index (χ2v) is 6.65. The Morgan fingerprint density at radius 1 is 0.600 bits per heavy atom. The summed E-state index contributed by atoms with van der Waals surface area (Å²) in [5.41, 5.74) is 10.2.